The van der Waals surface area contributed by atoms with Gasteiger partial charge in [-0.2, -0.15) is 13.2 Å². The lowest BCUT2D eigenvalue weighted by molar-refractivity contribution is -0.137. The van der Waals surface area contributed by atoms with E-state index >= 15 is 0 Å². The molecule has 0 bridgehead atoms. The summed E-state index contributed by atoms with van der Waals surface area (Å²) in [4.78, 5) is 32.4. The first-order valence-corrected chi connectivity index (χ1v) is 12.8. The van der Waals surface area contributed by atoms with E-state index in [2.05, 4.69) is 10.3 Å². The summed E-state index contributed by atoms with van der Waals surface area (Å²) in [7, 11) is 2.86. The van der Waals surface area contributed by atoms with Crippen molar-refractivity contribution < 1.29 is 32.2 Å². The number of alkyl halides is 3. The topological polar surface area (TPSA) is 80.8 Å². The molecule has 0 atom stereocenters. The van der Waals surface area contributed by atoms with Crippen molar-refractivity contribution >= 4 is 23.2 Å². The molecule has 3 aromatic carbocycles. The van der Waals surface area contributed by atoms with Gasteiger partial charge in [0, 0.05) is 29.8 Å². The van der Waals surface area contributed by atoms with Crippen LogP contribution in [0.3, 0.4) is 0 Å². The third kappa shape index (κ3) is 5.86. The summed E-state index contributed by atoms with van der Waals surface area (Å²) in [6, 6.07) is 18.4. The number of nitrogens with one attached hydrogen (secondary N) is 1. The van der Waals surface area contributed by atoms with Crippen molar-refractivity contribution in [2.24, 2.45) is 0 Å². The number of methoxy groups -OCH3 is 2. The van der Waals surface area contributed by atoms with Crippen molar-refractivity contribution in [2.45, 2.75) is 19.0 Å². The van der Waals surface area contributed by atoms with Crippen molar-refractivity contribution in [3.05, 3.63) is 101 Å². The number of halogens is 3. The summed E-state index contributed by atoms with van der Waals surface area (Å²) in [6.45, 7) is 0.520. The van der Waals surface area contributed by atoms with Crippen LogP contribution in [0.1, 0.15) is 27.2 Å². The number of benzene rings is 3. The average molecular weight is 562 g/mol. The van der Waals surface area contributed by atoms with Crippen LogP contribution in [-0.2, 0) is 23.8 Å². The van der Waals surface area contributed by atoms with Crippen LogP contribution < -0.4 is 19.7 Å². The smallest absolute Gasteiger partial charge is 0.416 e. The van der Waals surface area contributed by atoms with Gasteiger partial charge in [-0.25, -0.2) is 0 Å². The van der Waals surface area contributed by atoms with E-state index < -0.39 is 17.6 Å². The first-order chi connectivity index (χ1) is 19.7. The van der Waals surface area contributed by atoms with E-state index in [1.54, 1.807) is 41.4 Å². The van der Waals surface area contributed by atoms with Gasteiger partial charge in [-0.1, -0.05) is 18.2 Å². The van der Waals surface area contributed by atoms with E-state index in [-0.39, 0.29) is 17.9 Å². The van der Waals surface area contributed by atoms with E-state index in [9.17, 15) is 22.8 Å². The molecule has 7 nitrogen and oxygen atoms in total. The normalized spacial score (nSPS) is 12.6. The molecule has 0 saturated heterocycles. The van der Waals surface area contributed by atoms with Crippen LogP contribution in [0.4, 0.5) is 24.5 Å². The molecule has 1 aliphatic heterocycles. The first kappa shape index (κ1) is 27.7. The van der Waals surface area contributed by atoms with E-state index in [1.165, 1.54) is 32.4 Å². The maximum Gasteiger partial charge on any atom is 0.416 e. The lowest BCUT2D eigenvalue weighted by Gasteiger charge is -2.18. The number of hydrogen-bond acceptors (Lipinski definition) is 5. The molecule has 5 rings (SSSR count). The van der Waals surface area contributed by atoms with Crippen LogP contribution in [-0.4, -0.2) is 37.6 Å². The van der Waals surface area contributed by atoms with E-state index in [4.69, 9.17) is 9.47 Å². The molecular weight excluding hydrogens is 535 g/mol. The zero-order valence-electron chi connectivity index (χ0n) is 22.3. The van der Waals surface area contributed by atoms with Crippen LogP contribution in [0, 0.1) is 0 Å². The Kier molecular flexibility index (Phi) is 7.65. The Balaban J connectivity index is 1.41. The second-order valence-corrected chi connectivity index (χ2v) is 9.42. The van der Waals surface area contributed by atoms with E-state index in [0.717, 1.165) is 23.4 Å². The van der Waals surface area contributed by atoms with Crippen LogP contribution in [0.2, 0.25) is 0 Å². The minimum absolute atomic E-state index is 0.0641. The standard InChI is InChI=1S/C31H26F3N3O4/c1-40-27-17-24(19-6-8-21(9-7-19)31(32,33)34)25(18-28(27)41-2)30(39)36-23-10-11-26-20(15-23)12-14-37(26)29(38)16-22-5-3-4-13-35-22/h3-11,13,15,17-18H,12,14,16H2,1-2H3,(H,36,39). The number of ether oxygens (including phenoxy) is 2. The number of carbonyl (C=O) groups excluding carboxylic acids is 2. The summed E-state index contributed by atoms with van der Waals surface area (Å²) in [5, 5.41) is 2.88. The number of rotatable bonds is 7. The largest absolute Gasteiger partial charge is 0.493 e. The Morgan fingerprint density at radius 1 is 0.951 bits per heavy atom. The predicted octanol–water partition coefficient (Wildman–Crippen LogP) is 6.17. The van der Waals surface area contributed by atoms with Crippen molar-refractivity contribution in [1.82, 2.24) is 4.98 Å². The second kappa shape index (κ2) is 11.3. The SMILES string of the molecule is COc1cc(C(=O)Nc2ccc3c(c2)CCN3C(=O)Cc2ccccn2)c(-c2ccc(C(F)(F)F)cc2)cc1OC. The van der Waals surface area contributed by atoms with Crippen LogP contribution in [0.15, 0.2) is 79.0 Å². The highest BCUT2D eigenvalue weighted by molar-refractivity contribution is 6.09. The molecule has 0 saturated carbocycles. The zero-order chi connectivity index (χ0) is 29.1. The highest BCUT2D eigenvalue weighted by Crippen LogP contribution is 2.38. The molecule has 210 valence electrons. The van der Waals surface area contributed by atoms with Gasteiger partial charge in [0.2, 0.25) is 5.91 Å². The molecule has 1 aromatic heterocycles. The van der Waals surface area contributed by atoms with Gasteiger partial charge in [-0.3, -0.25) is 14.6 Å². The Morgan fingerprint density at radius 2 is 1.68 bits per heavy atom. The second-order valence-electron chi connectivity index (χ2n) is 9.42. The predicted molar refractivity (Wildman–Crippen MR) is 148 cm³/mol. The number of fused-ring (bicyclic) bond motifs is 1. The van der Waals surface area contributed by atoms with Gasteiger partial charge in [0.1, 0.15) is 0 Å². The highest BCUT2D eigenvalue weighted by atomic mass is 19.4. The van der Waals surface area contributed by atoms with Crippen molar-refractivity contribution in [3.63, 3.8) is 0 Å². The Morgan fingerprint density at radius 3 is 2.34 bits per heavy atom. The van der Waals surface area contributed by atoms with E-state index in [0.29, 0.717) is 47.0 Å². The Bertz CT molecular complexity index is 1590. The van der Waals surface area contributed by atoms with Crippen LogP contribution in [0.25, 0.3) is 11.1 Å². The highest BCUT2D eigenvalue weighted by Gasteiger charge is 2.30. The number of hydrogen-bond donors (Lipinski definition) is 1. The third-order valence-corrected chi connectivity index (χ3v) is 6.88. The number of nitrogens with zero attached hydrogens (tertiary/aromatic N) is 2. The van der Waals surface area contributed by atoms with Gasteiger partial charge in [0.15, 0.2) is 11.5 Å². The van der Waals surface area contributed by atoms with Crippen molar-refractivity contribution in [1.29, 1.82) is 0 Å². The Hall–Kier alpha value is -4.86. The summed E-state index contributed by atoms with van der Waals surface area (Å²) in [5.74, 6) is 0.0731. The molecule has 0 fully saturated rings. The van der Waals surface area contributed by atoms with Gasteiger partial charge in [-0.05, 0) is 77.7 Å². The summed E-state index contributed by atoms with van der Waals surface area (Å²) < 4.78 is 50.1. The maximum atomic E-state index is 13.5. The number of pyridine rings is 1. The van der Waals surface area contributed by atoms with Gasteiger partial charge < -0.3 is 19.7 Å². The number of anilines is 2. The van der Waals surface area contributed by atoms with Crippen LogP contribution >= 0.6 is 0 Å². The molecule has 4 aromatic rings. The summed E-state index contributed by atoms with van der Waals surface area (Å²) >= 11 is 0. The van der Waals surface area contributed by atoms with Crippen LogP contribution in [0.5, 0.6) is 11.5 Å². The fourth-order valence-corrected chi connectivity index (χ4v) is 4.83. The molecule has 2 heterocycles. The molecular formula is C31H26F3N3O4. The molecule has 1 aliphatic rings. The molecule has 0 radical (unpaired) electrons. The fourth-order valence-electron chi connectivity index (χ4n) is 4.83. The lowest BCUT2D eigenvalue weighted by atomic mass is 9.97. The monoisotopic (exact) mass is 561 g/mol. The minimum Gasteiger partial charge on any atom is -0.493 e. The molecule has 0 unspecified atom stereocenters. The molecule has 41 heavy (non-hydrogen) atoms. The molecule has 10 heteroatoms. The van der Waals surface area contributed by atoms with E-state index in [1.807, 2.05) is 12.1 Å². The number of carbonyl (C=O) groups is 2. The molecule has 0 aliphatic carbocycles. The molecule has 0 spiro atoms. The Labute approximate surface area is 234 Å². The lowest BCUT2D eigenvalue weighted by Crippen LogP contribution is -2.30. The van der Waals surface area contributed by atoms with Gasteiger partial charge >= 0.3 is 6.18 Å². The average Bonchev–Trinajstić information content (AvgIpc) is 3.40. The maximum absolute atomic E-state index is 13.5. The van der Waals surface area contributed by atoms with Crippen molar-refractivity contribution in [2.75, 3.05) is 31.0 Å². The summed E-state index contributed by atoms with van der Waals surface area (Å²) in [6.07, 6.45) is -2.02. The number of amides is 2. The summed E-state index contributed by atoms with van der Waals surface area (Å²) in [5.41, 5.74) is 3.07. The zero-order valence-corrected chi connectivity index (χ0v) is 22.3. The van der Waals surface area contributed by atoms with Gasteiger partial charge in [0.25, 0.3) is 5.91 Å². The van der Waals surface area contributed by atoms with Gasteiger partial charge in [0.05, 0.1) is 31.8 Å². The fraction of sp³-hybridized carbons (Fsp3) is 0.194. The van der Waals surface area contributed by atoms with Gasteiger partial charge in [-0.15, -0.1) is 0 Å². The number of aromatic nitrogens is 1. The third-order valence-electron chi connectivity index (χ3n) is 6.88. The quantitative estimate of drug-likeness (QED) is 0.292. The molecule has 2 amide bonds. The molecule has 1 N–H and O–H groups in total. The minimum atomic E-state index is -4.48. The van der Waals surface area contributed by atoms with Crippen molar-refractivity contribution in [3.8, 4) is 22.6 Å². The first-order valence-electron chi connectivity index (χ1n) is 12.8.